The highest BCUT2D eigenvalue weighted by atomic mass is 19.4. The number of carbonyl (C=O) groups is 3. The van der Waals surface area contributed by atoms with E-state index < -0.39 is 42.0 Å². The summed E-state index contributed by atoms with van der Waals surface area (Å²) in [5, 5.41) is 4.81. The van der Waals surface area contributed by atoms with Gasteiger partial charge in [-0.15, -0.1) is 0 Å². The van der Waals surface area contributed by atoms with Crippen molar-refractivity contribution in [2.45, 2.75) is 51.6 Å². The molecule has 0 bridgehead atoms. The van der Waals surface area contributed by atoms with Crippen LogP contribution in [0.2, 0.25) is 0 Å². The van der Waals surface area contributed by atoms with Gasteiger partial charge in [0.1, 0.15) is 11.9 Å². The fourth-order valence-electron chi connectivity index (χ4n) is 5.81. The number of pyridine rings is 1. The molecule has 10 nitrogen and oxygen atoms in total. The van der Waals surface area contributed by atoms with Gasteiger partial charge in [-0.25, -0.2) is 9.78 Å². The molecule has 1 fully saturated rings. The van der Waals surface area contributed by atoms with Crippen molar-refractivity contribution < 1.29 is 41.8 Å². The molecule has 1 aliphatic heterocycles. The number of nitrogens with zero attached hydrogens (tertiary/aromatic N) is 2. The lowest BCUT2D eigenvalue weighted by atomic mass is 9.93. The lowest BCUT2D eigenvalue weighted by Crippen LogP contribution is -2.40. The molecule has 3 N–H and O–H groups in total. The van der Waals surface area contributed by atoms with E-state index in [4.69, 9.17) is 15.2 Å². The van der Waals surface area contributed by atoms with Crippen LogP contribution in [0.15, 0.2) is 79.0 Å². The number of hydrogen-bond donors (Lipinski definition) is 2. The van der Waals surface area contributed by atoms with Crippen LogP contribution in [-0.2, 0) is 19.1 Å². The molecule has 0 spiro atoms. The average molecular weight is 665 g/mol. The molecule has 3 atom stereocenters. The van der Waals surface area contributed by atoms with Crippen molar-refractivity contribution >= 4 is 40.1 Å². The molecule has 13 heteroatoms. The zero-order valence-electron chi connectivity index (χ0n) is 26.5. The number of halogens is 3. The molecule has 0 radical (unpaired) electrons. The first-order valence-corrected chi connectivity index (χ1v) is 15.4. The number of nitrogens with one attached hydrogen (secondary N) is 1. The van der Waals surface area contributed by atoms with Gasteiger partial charge in [-0.3, -0.25) is 9.59 Å². The Morgan fingerprint density at radius 2 is 1.77 bits per heavy atom. The second-order valence-corrected chi connectivity index (χ2v) is 11.5. The van der Waals surface area contributed by atoms with E-state index in [0.29, 0.717) is 40.7 Å². The Hall–Kier alpha value is -5.33. The molecular formula is C35H35F3N4O6. The number of anilines is 2. The fraction of sp³-hybridized carbons (Fsp3) is 0.314. The minimum Gasteiger partial charge on any atom is -0.490 e. The Kier molecular flexibility index (Phi) is 10.1. The maximum atomic E-state index is 14.7. The van der Waals surface area contributed by atoms with Gasteiger partial charge in [0.25, 0.3) is 0 Å². The molecule has 3 aromatic carbocycles. The number of hydrogen-bond acceptors (Lipinski definition) is 9. The van der Waals surface area contributed by atoms with Gasteiger partial charge in [0.15, 0.2) is 11.5 Å². The number of fused-ring (bicyclic) bond motifs is 1. The summed E-state index contributed by atoms with van der Waals surface area (Å²) < 4.78 is 55.0. The summed E-state index contributed by atoms with van der Waals surface area (Å²) in [4.78, 5) is 44.9. The number of alkyl halides is 3. The zero-order chi connectivity index (χ0) is 34.6. The molecule has 2 heterocycles. The number of likely N-dealkylation sites (tertiary alicyclic amines) is 1. The number of esters is 2. The SMILES string of the molecule is CCOc1cc(C(Nc2ccc3c(N)nccc3c2)C(=O)N2CCC(C(=O)OC(=O)C(F)(F)F)C2c2ccccc2)ccc1OC(C)C. The highest BCUT2D eigenvalue weighted by Gasteiger charge is 2.48. The average Bonchev–Trinajstić information content (AvgIpc) is 3.50. The van der Waals surface area contributed by atoms with Crippen LogP contribution < -0.4 is 20.5 Å². The second-order valence-electron chi connectivity index (χ2n) is 11.5. The topological polar surface area (TPSA) is 133 Å². The Morgan fingerprint density at radius 1 is 1.02 bits per heavy atom. The molecule has 252 valence electrons. The first-order chi connectivity index (χ1) is 22.9. The van der Waals surface area contributed by atoms with E-state index in [2.05, 4.69) is 15.0 Å². The Balaban J connectivity index is 1.57. The number of rotatable bonds is 10. The predicted octanol–water partition coefficient (Wildman–Crippen LogP) is 6.38. The van der Waals surface area contributed by atoms with Crippen molar-refractivity contribution in [2.24, 2.45) is 5.92 Å². The van der Waals surface area contributed by atoms with Gasteiger partial charge in [-0.2, -0.15) is 13.2 Å². The Bertz CT molecular complexity index is 1800. The van der Waals surface area contributed by atoms with E-state index >= 15 is 0 Å². The van der Waals surface area contributed by atoms with E-state index in [0.717, 1.165) is 10.8 Å². The van der Waals surface area contributed by atoms with Crippen molar-refractivity contribution in [1.82, 2.24) is 9.88 Å². The van der Waals surface area contributed by atoms with Gasteiger partial charge in [-0.1, -0.05) is 36.4 Å². The minimum absolute atomic E-state index is 0.00331. The summed E-state index contributed by atoms with van der Waals surface area (Å²) in [6.07, 6.45) is -3.97. The third kappa shape index (κ3) is 7.45. The van der Waals surface area contributed by atoms with Crippen molar-refractivity contribution in [1.29, 1.82) is 0 Å². The molecule has 48 heavy (non-hydrogen) atoms. The number of nitrogen functional groups attached to an aromatic ring is 1. The molecule has 4 aromatic rings. The predicted molar refractivity (Wildman–Crippen MR) is 172 cm³/mol. The lowest BCUT2D eigenvalue weighted by Gasteiger charge is -2.32. The summed E-state index contributed by atoms with van der Waals surface area (Å²) in [6.45, 7) is 5.90. The van der Waals surface area contributed by atoms with E-state index in [-0.39, 0.29) is 19.1 Å². The summed E-state index contributed by atoms with van der Waals surface area (Å²) in [5.74, 6) is -4.44. The molecule has 1 aliphatic rings. The molecule has 3 unspecified atom stereocenters. The summed E-state index contributed by atoms with van der Waals surface area (Å²) in [7, 11) is 0. The van der Waals surface area contributed by atoms with E-state index in [1.165, 1.54) is 4.90 Å². The van der Waals surface area contributed by atoms with Crippen LogP contribution in [-0.4, -0.2) is 53.2 Å². The van der Waals surface area contributed by atoms with Crippen LogP contribution in [0, 0.1) is 5.92 Å². The Labute approximate surface area is 275 Å². The maximum absolute atomic E-state index is 14.7. The number of aromatic nitrogens is 1. The van der Waals surface area contributed by atoms with Gasteiger partial charge in [0, 0.05) is 23.8 Å². The standard InChI is InChI=1S/C35H35F3N4O6/c1-4-46-28-19-23(10-13-27(28)47-20(2)3)29(41-24-11-12-25-22(18-24)14-16-40-31(25)39)32(43)42-17-15-26(30(42)21-8-6-5-7-9-21)33(44)48-34(45)35(36,37)38/h5-14,16,18-20,26,29-30,41H,4,15,17H2,1-3H3,(H2,39,40). The first-order valence-electron chi connectivity index (χ1n) is 15.4. The number of carbonyl (C=O) groups excluding carboxylic acids is 3. The highest BCUT2D eigenvalue weighted by molar-refractivity contribution is 5.95. The molecule has 0 aliphatic carbocycles. The quantitative estimate of drug-likeness (QED) is 0.146. The first kappa shape index (κ1) is 34.0. The summed E-state index contributed by atoms with van der Waals surface area (Å²) in [5.41, 5.74) is 7.60. The van der Waals surface area contributed by atoms with Crippen LogP contribution >= 0.6 is 0 Å². The van der Waals surface area contributed by atoms with Crippen molar-refractivity contribution in [3.63, 3.8) is 0 Å². The largest absolute Gasteiger partial charge is 0.491 e. The lowest BCUT2D eigenvalue weighted by molar-refractivity contribution is -0.203. The zero-order valence-corrected chi connectivity index (χ0v) is 26.5. The van der Waals surface area contributed by atoms with Gasteiger partial charge in [-0.05, 0) is 80.1 Å². The van der Waals surface area contributed by atoms with E-state index in [9.17, 15) is 27.6 Å². The molecule has 1 amide bonds. The minimum atomic E-state index is -5.36. The van der Waals surface area contributed by atoms with Crippen LogP contribution in [0.1, 0.15) is 50.4 Å². The second kappa shape index (κ2) is 14.2. The van der Waals surface area contributed by atoms with Crippen LogP contribution in [0.5, 0.6) is 11.5 Å². The van der Waals surface area contributed by atoms with E-state index in [1.54, 1.807) is 72.9 Å². The highest BCUT2D eigenvalue weighted by Crippen LogP contribution is 2.42. The fourth-order valence-corrected chi connectivity index (χ4v) is 5.81. The van der Waals surface area contributed by atoms with Crippen molar-refractivity contribution in [3.05, 3.63) is 90.1 Å². The van der Waals surface area contributed by atoms with Crippen molar-refractivity contribution in [3.8, 4) is 11.5 Å². The van der Waals surface area contributed by atoms with E-state index in [1.807, 2.05) is 26.8 Å². The van der Waals surface area contributed by atoms with Crippen LogP contribution in [0.25, 0.3) is 10.8 Å². The Morgan fingerprint density at radius 3 is 2.46 bits per heavy atom. The van der Waals surface area contributed by atoms with Gasteiger partial charge in [0.2, 0.25) is 5.91 Å². The smallest absolute Gasteiger partial charge is 0.490 e. The molecule has 1 saturated heterocycles. The molecule has 0 saturated carbocycles. The number of benzene rings is 3. The van der Waals surface area contributed by atoms with Gasteiger partial charge < -0.3 is 30.2 Å². The molecule has 1 aromatic heterocycles. The van der Waals surface area contributed by atoms with Crippen molar-refractivity contribution in [2.75, 3.05) is 24.2 Å². The summed E-state index contributed by atoms with van der Waals surface area (Å²) in [6, 6.07) is 18.6. The monoisotopic (exact) mass is 664 g/mol. The molecule has 5 rings (SSSR count). The summed E-state index contributed by atoms with van der Waals surface area (Å²) >= 11 is 0. The van der Waals surface area contributed by atoms with Crippen LogP contribution in [0.4, 0.5) is 24.7 Å². The number of ether oxygens (including phenoxy) is 3. The third-order valence-corrected chi connectivity index (χ3v) is 7.87. The maximum Gasteiger partial charge on any atom is 0.491 e. The van der Waals surface area contributed by atoms with Gasteiger partial charge >= 0.3 is 18.1 Å². The van der Waals surface area contributed by atoms with Crippen LogP contribution in [0.3, 0.4) is 0 Å². The normalized spacial score (nSPS) is 16.9. The third-order valence-electron chi connectivity index (χ3n) is 7.87. The number of amides is 1. The number of nitrogens with two attached hydrogens (primary N) is 1. The van der Waals surface area contributed by atoms with Gasteiger partial charge in [0.05, 0.1) is 24.7 Å². The molecular weight excluding hydrogens is 629 g/mol.